The topological polar surface area (TPSA) is 95.2 Å². The first-order valence-corrected chi connectivity index (χ1v) is 13.8. The van der Waals surface area contributed by atoms with Crippen molar-refractivity contribution in [3.05, 3.63) is 52.8 Å². The number of halogens is 1. The van der Waals surface area contributed by atoms with E-state index in [4.69, 9.17) is 11.6 Å². The maximum atomic E-state index is 13.7. The fraction of sp³-hybridized carbons (Fsp3) is 0.520. The van der Waals surface area contributed by atoms with E-state index in [-0.39, 0.29) is 22.2 Å². The first kappa shape index (κ1) is 24.8. The summed E-state index contributed by atoms with van der Waals surface area (Å²) >= 11 is 6.25. The molecule has 2 fully saturated rings. The minimum absolute atomic E-state index is 0.000802. The largest absolute Gasteiger partial charge is 0.341 e. The Labute approximate surface area is 206 Å². The molecule has 0 spiro atoms. The first-order valence-electron chi connectivity index (χ1n) is 11.9. The number of nitriles is 1. The highest BCUT2D eigenvalue weighted by Crippen LogP contribution is 2.36. The lowest BCUT2D eigenvalue weighted by atomic mass is 9.75. The molecule has 182 valence electrons. The third kappa shape index (κ3) is 5.32. The van der Waals surface area contributed by atoms with Crippen LogP contribution in [0.1, 0.15) is 49.8 Å². The molecule has 3 unspecified atom stereocenters. The minimum atomic E-state index is -4.04. The summed E-state index contributed by atoms with van der Waals surface area (Å²) in [5, 5.41) is 9.44. The van der Waals surface area contributed by atoms with Crippen molar-refractivity contribution in [2.24, 2.45) is 11.8 Å². The van der Waals surface area contributed by atoms with Gasteiger partial charge in [0.2, 0.25) is 15.9 Å². The van der Waals surface area contributed by atoms with Gasteiger partial charge in [-0.15, -0.1) is 0 Å². The van der Waals surface area contributed by atoms with E-state index in [9.17, 15) is 18.5 Å². The van der Waals surface area contributed by atoms with Crippen LogP contribution in [0.2, 0.25) is 5.02 Å². The Hall–Kier alpha value is -2.34. The molecule has 9 heteroatoms. The summed E-state index contributed by atoms with van der Waals surface area (Å²) in [6, 6.07) is 9.55. The lowest BCUT2D eigenvalue weighted by Crippen LogP contribution is -2.53. The number of aromatic nitrogens is 1. The van der Waals surface area contributed by atoms with Crippen molar-refractivity contribution in [3.63, 3.8) is 0 Å². The third-order valence-electron chi connectivity index (χ3n) is 7.23. The Morgan fingerprint density at radius 1 is 1.21 bits per heavy atom. The van der Waals surface area contributed by atoms with Crippen molar-refractivity contribution in [3.8, 4) is 6.07 Å². The van der Waals surface area contributed by atoms with Gasteiger partial charge in [-0.3, -0.25) is 4.79 Å². The van der Waals surface area contributed by atoms with Gasteiger partial charge in [-0.25, -0.2) is 8.42 Å². The number of nitrogens with zero attached hydrogens (tertiary/aromatic N) is 3. The van der Waals surface area contributed by atoms with Crippen LogP contribution in [0, 0.1) is 30.1 Å². The van der Waals surface area contributed by atoms with E-state index in [2.05, 4.69) is 10.8 Å². The number of fused-ring (bicyclic) bond motifs is 1. The van der Waals surface area contributed by atoms with Crippen LogP contribution < -0.4 is 4.72 Å². The number of aryl methyl sites for hydroxylation is 2. The highest BCUT2D eigenvalue weighted by Gasteiger charge is 2.37. The van der Waals surface area contributed by atoms with Crippen LogP contribution >= 0.6 is 11.6 Å². The maximum Gasteiger partial charge on any atom is 0.243 e. The van der Waals surface area contributed by atoms with Crippen molar-refractivity contribution in [2.75, 3.05) is 13.1 Å². The quantitative estimate of drug-likeness (QED) is 0.616. The first-order chi connectivity index (χ1) is 16.3. The number of carbonyl (C=O) groups excluding carboxylic acids is 1. The molecule has 2 aliphatic rings. The Morgan fingerprint density at radius 2 is 1.97 bits per heavy atom. The standard InChI is InChI=1S/C25H31ClN4O3S/c1-18-6-4-10-22(26)24(18)34(32,33)28-23(12-15-29-13-5-9-21(29)16-27)25(31)30-14-11-19-7-2-3-8-20(19)17-30/h4-6,9-10,13,19-20,23,28H,2-3,7-8,11-12,14-15,17H2,1H3. The Morgan fingerprint density at radius 3 is 2.71 bits per heavy atom. The van der Waals surface area contributed by atoms with Gasteiger partial charge < -0.3 is 9.47 Å². The number of rotatable bonds is 7. The molecule has 0 radical (unpaired) electrons. The number of hydrogen-bond acceptors (Lipinski definition) is 4. The van der Waals surface area contributed by atoms with E-state index in [1.165, 1.54) is 25.3 Å². The van der Waals surface area contributed by atoms with Crippen LogP contribution in [0.5, 0.6) is 0 Å². The molecular weight excluding hydrogens is 472 g/mol. The SMILES string of the molecule is Cc1cccc(Cl)c1S(=O)(=O)NC(CCn1cccc1C#N)C(=O)N1CCC2CCCCC2C1. The van der Waals surface area contributed by atoms with Gasteiger partial charge in [0.1, 0.15) is 22.7 Å². The molecule has 3 atom stereocenters. The van der Waals surface area contributed by atoms with Crippen molar-refractivity contribution >= 4 is 27.5 Å². The van der Waals surface area contributed by atoms with Crippen LogP contribution in [0.4, 0.5) is 0 Å². The molecule has 1 aliphatic heterocycles. The predicted octanol–water partition coefficient (Wildman–Crippen LogP) is 4.10. The molecule has 1 amide bonds. The minimum Gasteiger partial charge on any atom is -0.341 e. The van der Waals surface area contributed by atoms with Gasteiger partial charge in [0.15, 0.2) is 0 Å². The lowest BCUT2D eigenvalue weighted by Gasteiger charge is -2.42. The van der Waals surface area contributed by atoms with Gasteiger partial charge in [-0.05, 0) is 61.8 Å². The Balaban J connectivity index is 1.57. The monoisotopic (exact) mass is 502 g/mol. The number of nitrogens with one attached hydrogen (secondary N) is 1. The van der Waals surface area contributed by atoms with E-state index in [0.29, 0.717) is 42.7 Å². The van der Waals surface area contributed by atoms with E-state index < -0.39 is 16.1 Å². The normalized spacial score (nSPS) is 21.5. The number of benzene rings is 1. The van der Waals surface area contributed by atoms with Crippen molar-refractivity contribution in [2.45, 2.75) is 62.9 Å². The number of likely N-dealkylation sites (tertiary alicyclic amines) is 1. The molecule has 1 aromatic heterocycles. The van der Waals surface area contributed by atoms with Crippen LogP contribution in [0.15, 0.2) is 41.4 Å². The fourth-order valence-corrected chi connectivity index (χ4v) is 7.49. The van der Waals surface area contributed by atoms with Crippen molar-refractivity contribution < 1.29 is 13.2 Å². The molecule has 2 heterocycles. The molecule has 7 nitrogen and oxygen atoms in total. The molecule has 1 aromatic carbocycles. The van der Waals surface area contributed by atoms with Gasteiger partial charge in [-0.2, -0.15) is 9.98 Å². The molecular formula is C25H31ClN4O3S. The lowest BCUT2D eigenvalue weighted by molar-refractivity contribution is -0.136. The molecule has 1 aliphatic carbocycles. The highest BCUT2D eigenvalue weighted by atomic mass is 35.5. The summed E-state index contributed by atoms with van der Waals surface area (Å²) in [5.74, 6) is 0.948. The zero-order chi connectivity index (χ0) is 24.3. The van der Waals surface area contributed by atoms with Gasteiger partial charge in [0.25, 0.3) is 0 Å². The average Bonchev–Trinajstić information content (AvgIpc) is 3.28. The number of carbonyl (C=O) groups is 1. The van der Waals surface area contributed by atoms with Gasteiger partial charge in [-0.1, -0.05) is 43.0 Å². The maximum absolute atomic E-state index is 13.7. The highest BCUT2D eigenvalue weighted by molar-refractivity contribution is 7.89. The smallest absolute Gasteiger partial charge is 0.243 e. The molecule has 34 heavy (non-hydrogen) atoms. The second kappa shape index (κ2) is 10.5. The molecule has 1 saturated carbocycles. The van der Waals surface area contributed by atoms with Crippen molar-refractivity contribution in [1.82, 2.24) is 14.2 Å². The van der Waals surface area contributed by atoms with E-state index in [0.717, 1.165) is 12.8 Å². The predicted molar refractivity (Wildman–Crippen MR) is 131 cm³/mol. The summed E-state index contributed by atoms with van der Waals surface area (Å²) < 4.78 is 31.1. The Bertz CT molecular complexity index is 1170. The summed E-state index contributed by atoms with van der Waals surface area (Å²) in [5.41, 5.74) is 0.991. The van der Waals surface area contributed by atoms with Gasteiger partial charge in [0, 0.05) is 25.8 Å². The molecule has 1 N–H and O–H groups in total. The van der Waals surface area contributed by atoms with E-state index in [1.807, 2.05) is 4.90 Å². The fourth-order valence-electron chi connectivity index (χ4n) is 5.44. The van der Waals surface area contributed by atoms with Crippen LogP contribution in [0.25, 0.3) is 0 Å². The van der Waals surface area contributed by atoms with Gasteiger partial charge >= 0.3 is 0 Å². The van der Waals surface area contributed by atoms with Crippen LogP contribution in [-0.4, -0.2) is 42.9 Å². The molecule has 4 rings (SSSR count). The summed E-state index contributed by atoms with van der Waals surface area (Å²) in [4.78, 5) is 15.5. The van der Waals surface area contributed by atoms with Crippen LogP contribution in [0.3, 0.4) is 0 Å². The van der Waals surface area contributed by atoms with E-state index in [1.54, 1.807) is 42.0 Å². The number of piperidine rings is 1. The molecule has 0 bridgehead atoms. The average molecular weight is 503 g/mol. The van der Waals surface area contributed by atoms with Crippen molar-refractivity contribution in [1.29, 1.82) is 5.26 Å². The number of hydrogen-bond donors (Lipinski definition) is 1. The summed E-state index contributed by atoms with van der Waals surface area (Å²) in [7, 11) is -4.04. The van der Waals surface area contributed by atoms with Gasteiger partial charge in [0.05, 0.1) is 5.02 Å². The zero-order valence-corrected chi connectivity index (χ0v) is 21.0. The zero-order valence-electron chi connectivity index (χ0n) is 19.4. The number of sulfonamides is 1. The summed E-state index contributed by atoms with van der Waals surface area (Å²) in [6.45, 7) is 3.36. The molecule has 2 aromatic rings. The number of amides is 1. The Kier molecular flexibility index (Phi) is 7.66. The van der Waals surface area contributed by atoms with E-state index >= 15 is 0 Å². The third-order valence-corrected chi connectivity index (χ3v) is 9.33. The summed E-state index contributed by atoms with van der Waals surface area (Å²) in [6.07, 6.45) is 7.76. The van der Waals surface area contributed by atoms with Crippen LogP contribution in [-0.2, 0) is 21.4 Å². The second-order valence-electron chi connectivity index (χ2n) is 9.42. The molecule has 1 saturated heterocycles. The second-order valence-corrected chi connectivity index (χ2v) is 11.5.